The maximum absolute atomic E-state index is 11.0. The molecule has 0 aromatic carbocycles. The normalized spacial score (nSPS) is 10.9. The van der Waals surface area contributed by atoms with Gasteiger partial charge < -0.3 is 24.3 Å². The molecule has 0 aliphatic carbocycles. The molecule has 0 aliphatic rings. The van der Waals surface area contributed by atoms with Crippen LogP contribution < -0.4 is 10.6 Å². The van der Waals surface area contributed by atoms with E-state index in [1.165, 1.54) is 14.2 Å². The number of hydrogen-bond donors (Lipinski definition) is 2. The molecule has 20 heavy (non-hydrogen) atoms. The van der Waals surface area contributed by atoms with Gasteiger partial charge in [-0.2, -0.15) is 0 Å². The lowest BCUT2D eigenvalue weighted by Crippen LogP contribution is -2.43. The highest BCUT2D eigenvalue weighted by molar-refractivity contribution is 7.80. The number of nitrogens with zero attached hydrogens (tertiary/aromatic N) is 1. The van der Waals surface area contributed by atoms with Crippen molar-refractivity contribution < 1.29 is 13.6 Å². The van der Waals surface area contributed by atoms with Crippen molar-refractivity contribution in [2.24, 2.45) is 0 Å². The van der Waals surface area contributed by atoms with Crippen molar-refractivity contribution in [2.45, 2.75) is 12.5 Å². The molecule has 0 spiro atoms. The highest BCUT2D eigenvalue weighted by Gasteiger charge is 2.34. The average molecular weight is 313 g/mol. The van der Waals surface area contributed by atoms with E-state index in [2.05, 4.69) is 15.6 Å². The SMILES string of the molecule is CO[Si](C=O)(CCCNC(=S)Nc1cccnc1)OC. The molecule has 0 fully saturated rings. The third kappa shape index (κ3) is 5.33. The average Bonchev–Trinajstić information content (AvgIpc) is 2.49. The van der Waals surface area contributed by atoms with Crippen LogP contribution in [0.2, 0.25) is 6.04 Å². The third-order valence-electron chi connectivity index (χ3n) is 2.78. The molecule has 1 aromatic heterocycles. The summed E-state index contributed by atoms with van der Waals surface area (Å²) < 4.78 is 10.4. The number of aromatic nitrogens is 1. The molecule has 0 atom stereocenters. The predicted molar refractivity (Wildman–Crippen MR) is 84.4 cm³/mol. The molecule has 0 saturated heterocycles. The zero-order valence-corrected chi connectivity index (χ0v) is 13.4. The Morgan fingerprint density at radius 2 is 2.25 bits per heavy atom. The van der Waals surface area contributed by atoms with Crippen LogP contribution in [0.25, 0.3) is 0 Å². The van der Waals surface area contributed by atoms with Crippen LogP contribution in [-0.2, 0) is 13.6 Å². The fourth-order valence-corrected chi connectivity index (χ4v) is 3.37. The molecule has 6 nitrogen and oxygen atoms in total. The number of rotatable bonds is 8. The largest absolute Gasteiger partial charge is 0.405 e. The summed E-state index contributed by atoms with van der Waals surface area (Å²) in [5.41, 5.74) is 0.829. The summed E-state index contributed by atoms with van der Waals surface area (Å²) in [6.45, 7) is 0.640. The van der Waals surface area contributed by atoms with Crippen LogP contribution in [0.3, 0.4) is 0 Å². The number of carbonyl (C=O) groups excluding carboxylic acids is 1. The summed E-state index contributed by atoms with van der Waals surface area (Å²) in [7, 11) is 0.354. The van der Waals surface area contributed by atoms with Crippen LogP contribution in [0.1, 0.15) is 6.42 Å². The predicted octanol–water partition coefficient (Wildman–Crippen LogP) is 1.26. The summed E-state index contributed by atoms with van der Waals surface area (Å²) in [4.78, 5) is 15.0. The number of anilines is 1. The van der Waals surface area contributed by atoms with Gasteiger partial charge in [0, 0.05) is 27.0 Å². The Balaban J connectivity index is 2.27. The number of thiocarbonyl (C=S) groups is 1. The van der Waals surface area contributed by atoms with Crippen molar-refractivity contribution in [3.63, 3.8) is 0 Å². The van der Waals surface area contributed by atoms with E-state index in [-0.39, 0.29) is 0 Å². The fraction of sp³-hybridized carbons (Fsp3) is 0.417. The molecule has 0 amide bonds. The molecular weight excluding hydrogens is 294 g/mol. The number of pyridine rings is 1. The minimum absolute atomic E-state index is 0.520. The second kappa shape index (κ2) is 8.75. The standard InChI is InChI=1S/C12H19N3O3SSi/c1-17-20(10-16,18-2)8-4-7-14-12(19)15-11-5-3-6-13-9-11/h3,5-6,9-10H,4,7-8H2,1-2H3,(H2,14,15,19). The third-order valence-corrected chi connectivity index (χ3v) is 5.82. The molecule has 8 heteroatoms. The Labute approximate surface area is 125 Å². The summed E-state index contributed by atoms with van der Waals surface area (Å²) in [5.74, 6) is 0.805. The molecule has 0 saturated carbocycles. The molecule has 1 heterocycles. The zero-order chi connectivity index (χ0) is 14.8. The maximum Gasteiger partial charge on any atom is 0.405 e. The molecule has 1 rings (SSSR count). The van der Waals surface area contributed by atoms with Gasteiger partial charge in [-0.3, -0.25) is 4.98 Å². The van der Waals surface area contributed by atoms with Gasteiger partial charge in [-0.1, -0.05) is 0 Å². The first-order valence-corrected chi connectivity index (χ1v) is 8.68. The zero-order valence-electron chi connectivity index (χ0n) is 11.6. The van der Waals surface area contributed by atoms with Crippen molar-refractivity contribution in [3.05, 3.63) is 24.5 Å². The topological polar surface area (TPSA) is 72.5 Å². The summed E-state index contributed by atoms with van der Waals surface area (Å²) in [6.07, 6.45) is 4.12. The van der Waals surface area contributed by atoms with Gasteiger partial charge >= 0.3 is 8.56 Å². The Morgan fingerprint density at radius 1 is 1.50 bits per heavy atom. The van der Waals surface area contributed by atoms with Gasteiger partial charge in [0.2, 0.25) is 0 Å². The summed E-state index contributed by atoms with van der Waals surface area (Å²) >= 11 is 5.16. The van der Waals surface area contributed by atoms with Gasteiger partial charge in [0.15, 0.2) is 11.0 Å². The monoisotopic (exact) mass is 313 g/mol. The second-order valence-electron chi connectivity index (χ2n) is 4.06. The van der Waals surface area contributed by atoms with Crippen molar-refractivity contribution in [2.75, 3.05) is 26.1 Å². The lowest BCUT2D eigenvalue weighted by atomic mass is 10.4. The van der Waals surface area contributed by atoms with Crippen molar-refractivity contribution >= 4 is 37.5 Å². The maximum atomic E-state index is 11.0. The molecule has 0 bridgehead atoms. The van der Waals surface area contributed by atoms with Crippen LogP contribution in [0, 0.1) is 0 Å². The van der Waals surface area contributed by atoms with Gasteiger partial charge in [0.1, 0.15) is 0 Å². The van der Waals surface area contributed by atoms with Gasteiger partial charge in [-0.25, -0.2) is 0 Å². The Bertz CT molecular complexity index is 429. The van der Waals surface area contributed by atoms with Crippen LogP contribution >= 0.6 is 12.2 Å². The first-order chi connectivity index (χ1) is 9.65. The number of hydrogen-bond acceptors (Lipinski definition) is 5. The first kappa shape index (κ1) is 16.7. The highest BCUT2D eigenvalue weighted by atomic mass is 32.1. The van der Waals surface area contributed by atoms with Crippen LogP contribution in [0.15, 0.2) is 24.5 Å². The highest BCUT2D eigenvalue weighted by Crippen LogP contribution is 2.11. The first-order valence-electron chi connectivity index (χ1n) is 6.17. The van der Waals surface area contributed by atoms with E-state index in [0.717, 1.165) is 18.0 Å². The summed E-state index contributed by atoms with van der Waals surface area (Å²) in [6, 6.07) is 4.29. The number of nitrogens with one attached hydrogen (secondary N) is 2. The van der Waals surface area contributed by atoms with Gasteiger partial charge in [0.05, 0.1) is 11.9 Å². The second-order valence-corrected chi connectivity index (χ2v) is 7.65. The Kier molecular flexibility index (Phi) is 7.30. The molecule has 1 aromatic rings. The minimum atomic E-state index is -2.66. The molecular formula is C12H19N3O3SSi. The lowest BCUT2D eigenvalue weighted by Gasteiger charge is -2.20. The molecule has 0 unspecified atom stereocenters. The van der Waals surface area contributed by atoms with Gasteiger partial charge in [-0.05, 0) is 36.8 Å². The van der Waals surface area contributed by atoms with E-state index in [4.69, 9.17) is 21.1 Å². The minimum Gasteiger partial charge on any atom is -0.393 e. The molecule has 0 aliphatic heterocycles. The fourth-order valence-electron chi connectivity index (χ4n) is 1.59. The van der Waals surface area contributed by atoms with Crippen LogP contribution in [0.5, 0.6) is 0 Å². The van der Waals surface area contributed by atoms with E-state index in [1.54, 1.807) is 12.4 Å². The lowest BCUT2D eigenvalue weighted by molar-refractivity contribution is 0.258. The smallest absolute Gasteiger partial charge is 0.393 e. The quantitative estimate of drug-likeness (QED) is 0.324. The molecule has 2 N–H and O–H groups in total. The Hall–Kier alpha value is -1.35. The van der Waals surface area contributed by atoms with E-state index in [1.807, 2.05) is 12.1 Å². The number of carbonyl (C=O) groups is 1. The van der Waals surface area contributed by atoms with Crippen molar-refractivity contribution in [3.8, 4) is 0 Å². The van der Waals surface area contributed by atoms with E-state index in [0.29, 0.717) is 17.7 Å². The van der Waals surface area contributed by atoms with Crippen LogP contribution in [0.4, 0.5) is 5.69 Å². The van der Waals surface area contributed by atoms with Gasteiger partial charge in [0.25, 0.3) is 0 Å². The molecule has 110 valence electrons. The van der Waals surface area contributed by atoms with Crippen molar-refractivity contribution in [1.82, 2.24) is 10.3 Å². The van der Waals surface area contributed by atoms with Gasteiger partial charge in [-0.15, -0.1) is 0 Å². The molecule has 0 radical (unpaired) electrons. The Morgan fingerprint density at radius 3 is 2.80 bits per heavy atom. The van der Waals surface area contributed by atoms with Crippen LogP contribution in [-0.4, -0.2) is 45.3 Å². The van der Waals surface area contributed by atoms with Crippen molar-refractivity contribution in [1.29, 1.82) is 0 Å². The van der Waals surface area contributed by atoms with E-state index < -0.39 is 8.56 Å². The summed E-state index contributed by atoms with van der Waals surface area (Å²) in [5, 5.41) is 6.60. The van der Waals surface area contributed by atoms with E-state index >= 15 is 0 Å². The van der Waals surface area contributed by atoms with E-state index in [9.17, 15) is 4.79 Å².